The predicted octanol–water partition coefficient (Wildman–Crippen LogP) is 3.40. The fraction of sp³-hybridized carbons (Fsp3) is 0.286. The molecule has 1 unspecified atom stereocenters. The molecule has 0 saturated heterocycles. The number of benzene rings is 1. The fourth-order valence-corrected chi connectivity index (χ4v) is 2.75. The topological polar surface area (TPSA) is 39.2 Å². The first-order valence-corrected chi connectivity index (χ1v) is 6.66. The van der Waals surface area contributed by atoms with Gasteiger partial charge >= 0.3 is 0 Å². The predicted molar refractivity (Wildman–Crippen MR) is 72.7 cm³/mol. The zero-order valence-electron chi connectivity index (χ0n) is 10.4. The van der Waals surface area contributed by atoms with Crippen LogP contribution in [0.5, 0.6) is 0 Å². The van der Waals surface area contributed by atoms with Gasteiger partial charge in [0.05, 0.1) is 17.8 Å². The van der Waals surface area contributed by atoms with Gasteiger partial charge in [-0.25, -0.2) is 4.98 Å². The van der Waals surface area contributed by atoms with Crippen LogP contribution in [0.1, 0.15) is 23.3 Å². The normalized spacial score (nSPS) is 12.1. The van der Waals surface area contributed by atoms with Crippen molar-refractivity contribution >= 4 is 17.8 Å². The molecule has 1 aromatic heterocycles. The van der Waals surface area contributed by atoms with E-state index in [0.29, 0.717) is 13.1 Å². The monoisotopic (exact) mass is 261 g/mol. The second-order valence-electron chi connectivity index (χ2n) is 4.21. The number of ether oxygens (including phenoxy) is 1. The Morgan fingerprint density at radius 1 is 1.44 bits per heavy atom. The second kappa shape index (κ2) is 5.78. The lowest BCUT2D eigenvalue weighted by molar-refractivity contribution is -0.129. The second-order valence-corrected chi connectivity index (χ2v) is 5.10. The maximum Gasteiger partial charge on any atom is 0.293 e. The van der Waals surface area contributed by atoms with Crippen molar-refractivity contribution in [3.8, 4) is 11.3 Å². The lowest BCUT2D eigenvalue weighted by Gasteiger charge is -2.11. The molecule has 3 nitrogen and oxygen atoms in total. The Morgan fingerprint density at radius 3 is 2.94 bits per heavy atom. The summed E-state index contributed by atoms with van der Waals surface area (Å²) in [6.07, 6.45) is 0. The van der Waals surface area contributed by atoms with Gasteiger partial charge in [-0.2, -0.15) is 0 Å². The summed E-state index contributed by atoms with van der Waals surface area (Å²) in [4.78, 5) is 15.9. The van der Waals surface area contributed by atoms with Gasteiger partial charge in [0.25, 0.3) is 6.47 Å². The maximum atomic E-state index is 10.3. The van der Waals surface area contributed by atoms with Gasteiger partial charge in [-0.1, -0.05) is 31.2 Å². The van der Waals surface area contributed by atoms with Crippen LogP contribution in [-0.2, 0) is 9.53 Å². The molecule has 0 aliphatic rings. The average Bonchev–Trinajstić information content (AvgIpc) is 2.85. The number of hydrogen-bond donors (Lipinski definition) is 0. The van der Waals surface area contributed by atoms with Crippen molar-refractivity contribution in [2.75, 3.05) is 6.61 Å². The molecule has 0 N–H and O–H groups in total. The third-order valence-corrected chi connectivity index (χ3v) is 3.92. The van der Waals surface area contributed by atoms with Gasteiger partial charge in [-0.3, -0.25) is 4.79 Å². The first-order valence-electron chi connectivity index (χ1n) is 5.78. The highest BCUT2D eigenvalue weighted by atomic mass is 32.1. The van der Waals surface area contributed by atoms with Crippen LogP contribution in [-0.4, -0.2) is 18.1 Å². The van der Waals surface area contributed by atoms with E-state index in [9.17, 15) is 4.79 Å². The lowest BCUT2D eigenvalue weighted by atomic mass is 10.0. The molecule has 0 amide bonds. The van der Waals surface area contributed by atoms with Crippen molar-refractivity contribution in [3.05, 3.63) is 40.2 Å². The number of aromatic nitrogens is 1. The van der Waals surface area contributed by atoms with E-state index >= 15 is 0 Å². The van der Waals surface area contributed by atoms with Crippen LogP contribution >= 0.6 is 11.3 Å². The Kier molecular flexibility index (Phi) is 4.10. The standard InChI is InChI=1S/C14H15NO2S/c1-10-5-3-4-6-12(10)13-14(18-8-15-13)11(2)7-17-9-16/h3-6,8-9,11H,7H2,1-2H3. The number of thiazole rings is 1. The van der Waals surface area contributed by atoms with Gasteiger partial charge in [0.2, 0.25) is 0 Å². The molecule has 2 aromatic rings. The van der Waals surface area contributed by atoms with Gasteiger partial charge in [0.15, 0.2) is 0 Å². The molecule has 4 heteroatoms. The molecule has 0 spiro atoms. The molecule has 1 aromatic carbocycles. The molecule has 0 aliphatic heterocycles. The van der Waals surface area contributed by atoms with Crippen molar-refractivity contribution < 1.29 is 9.53 Å². The van der Waals surface area contributed by atoms with Crippen LogP contribution in [0.2, 0.25) is 0 Å². The van der Waals surface area contributed by atoms with Gasteiger partial charge in [0.1, 0.15) is 0 Å². The number of nitrogens with zero attached hydrogens (tertiary/aromatic N) is 1. The van der Waals surface area contributed by atoms with Gasteiger partial charge < -0.3 is 4.74 Å². The Balaban J connectivity index is 2.33. The van der Waals surface area contributed by atoms with Crippen LogP contribution in [0.4, 0.5) is 0 Å². The van der Waals surface area contributed by atoms with Gasteiger partial charge in [-0.05, 0) is 12.5 Å². The summed E-state index contributed by atoms with van der Waals surface area (Å²) >= 11 is 1.60. The highest BCUT2D eigenvalue weighted by Gasteiger charge is 2.16. The number of carbonyl (C=O) groups excluding carboxylic acids is 1. The quantitative estimate of drug-likeness (QED) is 0.774. The van der Waals surface area contributed by atoms with E-state index in [4.69, 9.17) is 4.74 Å². The van der Waals surface area contributed by atoms with E-state index < -0.39 is 0 Å². The summed E-state index contributed by atoms with van der Waals surface area (Å²) in [5.74, 6) is 0.164. The third-order valence-electron chi connectivity index (χ3n) is 2.86. The van der Waals surface area contributed by atoms with Crippen LogP contribution in [0.25, 0.3) is 11.3 Å². The van der Waals surface area contributed by atoms with E-state index in [1.807, 2.05) is 24.6 Å². The Morgan fingerprint density at radius 2 is 2.22 bits per heavy atom. The molecule has 1 atom stereocenters. The number of hydrogen-bond acceptors (Lipinski definition) is 4. The summed E-state index contributed by atoms with van der Waals surface area (Å²) in [7, 11) is 0. The zero-order valence-corrected chi connectivity index (χ0v) is 11.2. The number of aryl methyl sites for hydroxylation is 1. The Bertz CT molecular complexity index is 536. The zero-order chi connectivity index (χ0) is 13.0. The van der Waals surface area contributed by atoms with Crippen LogP contribution < -0.4 is 0 Å². The SMILES string of the molecule is Cc1ccccc1-c1ncsc1C(C)COC=O. The lowest BCUT2D eigenvalue weighted by Crippen LogP contribution is -2.03. The smallest absolute Gasteiger partial charge is 0.293 e. The van der Waals surface area contributed by atoms with Crippen molar-refractivity contribution in [2.24, 2.45) is 0 Å². The molecule has 0 fully saturated rings. The molecule has 0 aliphatic carbocycles. The molecular formula is C14H15NO2S. The molecular weight excluding hydrogens is 246 g/mol. The van der Waals surface area contributed by atoms with Crippen molar-refractivity contribution in [1.82, 2.24) is 4.98 Å². The minimum atomic E-state index is 0.164. The number of rotatable bonds is 5. The van der Waals surface area contributed by atoms with E-state index in [1.165, 1.54) is 5.56 Å². The summed E-state index contributed by atoms with van der Waals surface area (Å²) < 4.78 is 4.84. The van der Waals surface area contributed by atoms with E-state index in [2.05, 4.69) is 24.0 Å². The minimum Gasteiger partial charge on any atom is -0.467 e. The van der Waals surface area contributed by atoms with Gasteiger partial charge in [0, 0.05) is 16.4 Å². The molecule has 1 heterocycles. The highest BCUT2D eigenvalue weighted by Crippen LogP contribution is 2.33. The largest absolute Gasteiger partial charge is 0.467 e. The first kappa shape index (κ1) is 12.8. The van der Waals surface area contributed by atoms with Gasteiger partial charge in [-0.15, -0.1) is 11.3 Å². The van der Waals surface area contributed by atoms with E-state index in [1.54, 1.807) is 11.3 Å². The minimum absolute atomic E-state index is 0.164. The molecule has 18 heavy (non-hydrogen) atoms. The third kappa shape index (κ3) is 2.59. The van der Waals surface area contributed by atoms with Crippen molar-refractivity contribution in [3.63, 3.8) is 0 Å². The summed E-state index contributed by atoms with van der Waals surface area (Å²) in [6, 6.07) is 8.17. The van der Waals surface area contributed by atoms with Crippen molar-refractivity contribution in [1.29, 1.82) is 0 Å². The average molecular weight is 261 g/mol. The fourth-order valence-electron chi connectivity index (χ4n) is 1.90. The Hall–Kier alpha value is -1.68. The molecule has 0 saturated carbocycles. The number of carbonyl (C=O) groups is 1. The maximum absolute atomic E-state index is 10.3. The molecule has 0 radical (unpaired) electrons. The van der Waals surface area contributed by atoms with E-state index in [-0.39, 0.29) is 5.92 Å². The summed E-state index contributed by atoms with van der Waals surface area (Å²) in [5, 5.41) is 0. The molecule has 94 valence electrons. The summed E-state index contributed by atoms with van der Waals surface area (Å²) in [5.41, 5.74) is 5.19. The Labute approximate surface area is 110 Å². The molecule has 0 bridgehead atoms. The molecule has 2 rings (SSSR count). The summed E-state index contributed by atoms with van der Waals surface area (Å²) in [6.45, 7) is 5.00. The first-order chi connectivity index (χ1) is 8.74. The van der Waals surface area contributed by atoms with Crippen LogP contribution in [0, 0.1) is 6.92 Å². The van der Waals surface area contributed by atoms with Crippen molar-refractivity contribution in [2.45, 2.75) is 19.8 Å². The van der Waals surface area contributed by atoms with Crippen LogP contribution in [0.15, 0.2) is 29.8 Å². The van der Waals surface area contributed by atoms with E-state index in [0.717, 1.165) is 16.1 Å². The highest BCUT2D eigenvalue weighted by molar-refractivity contribution is 7.10. The van der Waals surface area contributed by atoms with Crippen LogP contribution in [0.3, 0.4) is 0 Å².